The molecule has 1 N–H and O–H groups in total. The van der Waals surface area contributed by atoms with E-state index in [2.05, 4.69) is 56.2 Å². The van der Waals surface area contributed by atoms with Crippen molar-refractivity contribution in [3.05, 3.63) is 68.4 Å². The lowest BCUT2D eigenvalue weighted by Crippen LogP contribution is -2.23. The summed E-state index contributed by atoms with van der Waals surface area (Å²) in [5, 5.41) is 3.51. The highest BCUT2D eigenvalue weighted by molar-refractivity contribution is 9.10. The summed E-state index contributed by atoms with van der Waals surface area (Å²) in [5.41, 5.74) is 2.22. The topological polar surface area (TPSA) is 12.0 Å². The first-order valence-corrected chi connectivity index (χ1v) is 8.14. The summed E-state index contributed by atoms with van der Waals surface area (Å²) in [7, 11) is 0. The van der Waals surface area contributed by atoms with Crippen LogP contribution in [0.5, 0.6) is 0 Å². The average Bonchev–Trinajstić information content (AvgIpc) is 2.45. The van der Waals surface area contributed by atoms with E-state index in [1.165, 1.54) is 11.6 Å². The van der Waals surface area contributed by atoms with Crippen LogP contribution in [0.2, 0.25) is 0 Å². The number of hydrogen-bond acceptors (Lipinski definition) is 1. The fourth-order valence-corrected chi connectivity index (χ4v) is 2.72. The fraction of sp³-hybridized carbons (Fsp3) is 0.250. The maximum absolute atomic E-state index is 13.4. The number of halogens is 3. The van der Waals surface area contributed by atoms with Gasteiger partial charge in [-0.05, 0) is 64.3 Å². The highest BCUT2D eigenvalue weighted by Crippen LogP contribution is 2.27. The van der Waals surface area contributed by atoms with Gasteiger partial charge in [0.1, 0.15) is 5.82 Å². The molecule has 0 aromatic heterocycles. The van der Waals surface area contributed by atoms with Gasteiger partial charge in [0.25, 0.3) is 0 Å². The summed E-state index contributed by atoms with van der Waals surface area (Å²) in [6.45, 7) is 3.04. The first-order valence-electron chi connectivity index (χ1n) is 6.55. The maximum atomic E-state index is 13.4. The summed E-state index contributed by atoms with van der Waals surface area (Å²) in [5.74, 6) is -0.237. The molecule has 2 rings (SSSR count). The summed E-state index contributed by atoms with van der Waals surface area (Å²) in [6, 6.07) is 13.4. The number of benzene rings is 2. The number of rotatable bonds is 5. The second-order valence-corrected chi connectivity index (χ2v) is 6.38. The molecular weight excluding hydrogens is 385 g/mol. The largest absolute Gasteiger partial charge is 0.306 e. The molecule has 0 saturated heterocycles. The van der Waals surface area contributed by atoms with Crippen LogP contribution in [0.3, 0.4) is 0 Å². The molecule has 0 saturated carbocycles. The van der Waals surface area contributed by atoms with Crippen LogP contribution in [-0.4, -0.2) is 6.54 Å². The molecule has 0 fully saturated rings. The minimum atomic E-state index is -0.237. The van der Waals surface area contributed by atoms with E-state index in [4.69, 9.17) is 0 Å². The highest BCUT2D eigenvalue weighted by atomic mass is 79.9. The van der Waals surface area contributed by atoms with Crippen LogP contribution in [0.4, 0.5) is 4.39 Å². The molecular formula is C16H16Br2FN. The molecule has 0 bridgehead atoms. The Morgan fingerprint density at radius 2 is 1.70 bits per heavy atom. The zero-order valence-corrected chi connectivity index (χ0v) is 14.3. The molecule has 1 atom stereocenters. The van der Waals surface area contributed by atoms with E-state index in [9.17, 15) is 4.39 Å². The van der Waals surface area contributed by atoms with E-state index in [0.717, 1.165) is 23.0 Å². The molecule has 0 aliphatic carbocycles. The van der Waals surface area contributed by atoms with Crippen LogP contribution in [0.25, 0.3) is 0 Å². The van der Waals surface area contributed by atoms with E-state index in [-0.39, 0.29) is 11.9 Å². The molecule has 0 amide bonds. The van der Waals surface area contributed by atoms with Crippen molar-refractivity contribution in [2.75, 3.05) is 6.54 Å². The lowest BCUT2D eigenvalue weighted by molar-refractivity contribution is 0.591. The Labute approximate surface area is 135 Å². The van der Waals surface area contributed by atoms with Crippen molar-refractivity contribution in [2.24, 2.45) is 0 Å². The fourth-order valence-electron chi connectivity index (χ4n) is 2.06. The van der Waals surface area contributed by atoms with E-state index in [0.29, 0.717) is 4.47 Å². The number of hydrogen-bond donors (Lipinski definition) is 1. The van der Waals surface area contributed by atoms with Crippen molar-refractivity contribution in [2.45, 2.75) is 19.4 Å². The Kier molecular flexibility index (Phi) is 5.75. The summed E-state index contributed by atoms with van der Waals surface area (Å²) in [6.07, 6.45) is 1.05. The van der Waals surface area contributed by atoms with E-state index in [1.54, 1.807) is 0 Å². The molecule has 1 unspecified atom stereocenters. The summed E-state index contributed by atoms with van der Waals surface area (Å²) in [4.78, 5) is 0. The van der Waals surface area contributed by atoms with Crippen molar-refractivity contribution in [3.8, 4) is 0 Å². The second kappa shape index (κ2) is 7.34. The maximum Gasteiger partial charge on any atom is 0.137 e. The monoisotopic (exact) mass is 399 g/mol. The second-order valence-electron chi connectivity index (χ2n) is 4.61. The van der Waals surface area contributed by atoms with Gasteiger partial charge in [-0.3, -0.25) is 0 Å². The Morgan fingerprint density at radius 1 is 1.05 bits per heavy atom. The minimum absolute atomic E-state index is 0.0694. The Hall–Kier alpha value is -0.710. The van der Waals surface area contributed by atoms with Gasteiger partial charge in [-0.25, -0.2) is 4.39 Å². The van der Waals surface area contributed by atoms with Crippen LogP contribution in [0.1, 0.15) is 30.5 Å². The minimum Gasteiger partial charge on any atom is -0.306 e. The molecule has 0 aliphatic heterocycles. The predicted octanol–water partition coefficient (Wildman–Crippen LogP) is 5.44. The Morgan fingerprint density at radius 3 is 2.30 bits per heavy atom. The highest BCUT2D eigenvalue weighted by Gasteiger charge is 2.14. The van der Waals surface area contributed by atoms with Crippen LogP contribution >= 0.6 is 31.9 Å². The van der Waals surface area contributed by atoms with Gasteiger partial charge in [0.05, 0.1) is 10.5 Å². The number of nitrogens with one attached hydrogen (secondary N) is 1. The van der Waals surface area contributed by atoms with Crippen molar-refractivity contribution in [3.63, 3.8) is 0 Å². The van der Waals surface area contributed by atoms with E-state index >= 15 is 0 Å². The van der Waals surface area contributed by atoms with Gasteiger partial charge in [-0.2, -0.15) is 0 Å². The lowest BCUT2D eigenvalue weighted by Gasteiger charge is -2.20. The Bertz CT molecular complexity index is 569. The quantitative estimate of drug-likeness (QED) is 0.704. The van der Waals surface area contributed by atoms with Crippen molar-refractivity contribution in [1.82, 2.24) is 5.32 Å². The molecule has 0 heterocycles. The molecule has 4 heteroatoms. The zero-order valence-electron chi connectivity index (χ0n) is 11.2. The van der Waals surface area contributed by atoms with Crippen LogP contribution < -0.4 is 5.32 Å². The third-order valence-corrected chi connectivity index (χ3v) is 4.22. The molecule has 2 aromatic rings. The van der Waals surface area contributed by atoms with Crippen molar-refractivity contribution < 1.29 is 4.39 Å². The van der Waals surface area contributed by atoms with Gasteiger partial charge in [-0.1, -0.05) is 41.1 Å². The van der Waals surface area contributed by atoms with Gasteiger partial charge >= 0.3 is 0 Å². The SMILES string of the molecule is CCCNC(c1ccc(Br)cc1)c1ccc(F)c(Br)c1. The zero-order chi connectivity index (χ0) is 14.5. The Balaban J connectivity index is 2.35. The average molecular weight is 401 g/mol. The van der Waals surface area contributed by atoms with Gasteiger partial charge in [0, 0.05) is 4.47 Å². The summed E-state index contributed by atoms with van der Waals surface area (Å²) >= 11 is 6.70. The van der Waals surface area contributed by atoms with Crippen molar-refractivity contribution in [1.29, 1.82) is 0 Å². The molecule has 20 heavy (non-hydrogen) atoms. The summed E-state index contributed by atoms with van der Waals surface area (Å²) < 4.78 is 14.9. The normalized spacial score (nSPS) is 12.4. The van der Waals surface area contributed by atoms with Gasteiger partial charge in [0.2, 0.25) is 0 Å². The van der Waals surface area contributed by atoms with Crippen LogP contribution in [0.15, 0.2) is 51.4 Å². The van der Waals surface area contributed by atoms with Crippen molar-refractivity contribution >= 4 is 31.9 Å². The third kappa shape index (κ3) is 3.90. The van der Waals surface area contributed by atoms with E-state index < -0.39 is 0 Å². The van der Waals surface area contributed by atoms with Gasteiger partial charge < -0.3 is 5.32 Å². The molecule has 0 radical (unpaired) electrons. The van der Waals surface area contributed by atoms with E-state index in [1.807, 2.05) is 24.3 Å². The standard InChI is InChI=1S/C16H16Br2FN/c1-2-9-20-16(11-3-6-13(17)7-4-11)12-5-8-15(19)14(18)10-12/h3-8,10,16,20H,2,9H2,1H3. The van der Waals surface area contributed by atoms with Crippen LogP contribution in [-0.2, 0) is 0 Å². The molecule has 2 aromatic carbocycles. The molecule has 0 spiro atoms. The van der Waals surface area contributed by atoms with Gasteiger partial charge in [-0.15, -0.1) is 0 Å². The molecule has 0 aliphatic rings. The third-order valence-electron chi connectivity index (χ3n) is 3.08. The lowest BCUT2D eigenvalue weighted by atomic mass is 9.98. The predicted molar refractivity (Wildman–Crippen MR) is 88.4 cm³/mol. The smallest absolute Gasteiger partial charge is 0.137 e. The van der Waals surface area contributed by atoms with Crippen LogP contribution in [0, 0.1) is 5.82 Å². The molecule has 1 nitrogen and oxygen atoms in total. The first kappa shape index (κ1) is 15.7. The first-order chi connectivity index (χ1) is 9.61. The van der Waals surface area contributed by atoms with Gasteiger partial charge in [0.15, 0.2) is 0 Å². The molecule has 106 valence electrons.